The summed E-state index contributed by atoms with van der Waals surface area (Å²) in [4.78, 5) is 26.5. The molecule has 1 aromatic carbocycles. The van der Waals surface area contributed by atoms with E-state index in [0.717, 1.165) is 10.6 Å². The molecule has 0 radical (unpaired) electrons. The molecule has 0 heterocycles. The van der Waals surface area contributed by atoms with Crippen molar-refractivity contribution in [2.45, 2.75) is 25.7 Å². The molecule has 0 aromatic heterocycles. The zero-order valence-electron chi connectivity index (χ0n) is 12.7. The zero-order chi connectivity index (χ0) is 15.3. The van der Waals surface area contributed by atoms with Gasteiger partial charge < -0.3 is 10.2 Å². The van der Waals surface area contributed by atoms with Crippen LogP contribution in [0, 0.1) is 5.41 Å². The van der Waals surface area contributed by atoms with E-state index in [2.05, 4.69) is 5.32 Å². The minimum absolute atomic E-state index is 0.0502. The minimum atomic E-state index is -0.480. The number of para-hydroxylation sites is 1. The summed E-state index contributed by atoms with van der Waals surface area (Å²) < 4.78 is 0. The fourth-order valence-electron chi connectivity index (χ4n) is 1.80. The number of hydrogen-bond donors (Lipinski definition) is 1. The molecule has 20 heavy (non-hydrogen) atoms. The number of hydrogen-bond acceptors (Lipinski definition) is 3. The summed E-state index contributed by atoms with van der Waals surface area (Å²) in [5.41, 5.74) is 0.299. The number of anilines is 1. The van der Waals surface area contributed by atoms with Crippen LogP contribution in [0.15, 0.2) is 29.2 Å². The van der Waals surface area contributed by atoms with Crippen molar-refractivity contribution in [3.63, 3.8) is 0 Å². The molecule has 0 fully saturated rings. The topological polar surface area (TPSA) is 49.4 Å². The molecule has 2 amide bonds. The SMILES string of the molecule is CSc1ccccc1NC(=O)CN(C)C(=O)C(C)(C)C. The van der Waals surface area contributed by atoms with Gasteiger partial charge in [0.15, 0.2) is 0 Å². The molecule has 0 saturated carbocycles. The Bertz CT molecular complexity index is 495. The Morgan fingerprint density at radius 1 is 1.25 bits per heavy atom. The quantitative estimate of drug-likeness (QED) is 0.869. The van der Waals surface area contributed by atoms with E-state index in [9.17, 15) is 9.59 Å². The van der Waals surface area contributed by atoms with Crippen molar-refractivity contribution in [3.05, 3.63) is 24.3 Å². The van der Waals surface area contributed by atoms with Crippen molar-refractivity contribution in [2.75, 3.05) is 25.2 Å². The van der Waals surface area contributed by atoms with Crippen molar-refractivity contribution in [1.82, 2.24) is 4.90 Å². The van der Waals surface area contributed by atoms with Crippen molar-refractivity contribution in [2.24, 2.45) is 5.41 Å². The smallest absolute Gasteiger partial charge is 0.244 e. The second-order valence-electron chi connectivity index (χ2n) is 5.66. The van der Waals surface area contributed by atoms with Crippen LogP contribution in [0.4, 0.5) is 5.69 Å². The highest BCUT2D eigenvalue weighted by molar-refractivity contribution is 7.98. The lowest BCUT2D eigenvalue weighted by Gasteiger charge is -2.25. The van der Waals surface area contributed by atoms with Gasteiger partial charge >= 0.3 is 0 Å². The predicted octanol–water partition coefficient (Wildman–Crippen LogP) is 2.85. The first-order valence-corrected chi connectivity index (χ1v) is 7.66. The predicted molar refractivity (Wildman–Crippen MR) is 83.9 cm³/mol. The van der Waals surface area contributed by atoms with Gasteiger partial charge in [0, 0.05) is 17.4 Å². The Morgan fingerprint density at radius 2 is 1.85 bits per heavy atom. The standard InChI is InChI=1S/C15H22N2O2S/c1-15(2,3)14(19)17(4)10-13(18)16-11-8-6-7-9-12(11)20-5/h6-9H,10H2,1-5H3,(H,16,18). The molecule has 0 aliphatic heterocycles. The molecular formula is C15H22N2O2S. The van der Waals surface area contributed by atoms with Crippen LogP contribution in [0.3, 0.4) is 0 Å². The second kappa shape index (κ2) is 6.79. The molecule has 0 aliphatic carbocycles. The summed E-state index contributed by atoms with van der Waals surface area (Å²) in [6, 6.07) is 7.61. The highest BCUT2D eigenvalue weighted by Gasteiger charge is 2.26. The van der Waals surface area contributed by atoms with E-state index in [4.69, 9.17) is 0 Å². The monoisotopic (exact) mass is 294 g/mol. The molecule has 1 aromatic rings. The number of rotatable bonds is 4. The van der Waals surface area contributed by atoms with E-state index in [0.29, 0.717) is 0 Å². The molecule has 1 rings (SSSR count). The highest BCUT2D eigenvalue weighted by Crippen LogP contribution is 2.24. The first-order chi connectivity index (χ1) is 9.25. The third-order valence-electron chi connectivity index (χ3n) is 2.75. The van der Waals surface area contributed by atoms with Gasteiger partial charge in [-0.25, -0.2) is 0 Å². The lowest BCUT2D eigenvalue weighted by atomic mass is 9.95. The first-order valence-electron chi connectivity index (χ1n) is 6.44. The maximum Gasteiger partial charge on any atom is 0.244 e. The largest absolute Gasteiger partial charge is 0.336 e. The van der Waals surface area contributed by atoms with Gasteiger partial charge in [-0.3, -0.25) is 9.59 Å². The molecule has 1 N–H and O–H groups in total. The van der Waals surface area contributed by atoms with Crippen LogP contribution in [0.25, 0.3) is 0 Å². The van der Waals surface area contributed by atoms with E-state index in [1.54, 1.807) is 18.8 Å². The van der Waals surface area contributed by atoms with E-state index in [-0.39, 0.29) is 18.4 Å². The van der Waals surface area contributed by atoms with Crippen molar-refractivity contribution >= 4 is 29.3 Å². The van der Waals surface area contributed by atoms with Crippen LogP contribution < -0.4 is 5.32 Å². The van der Waals surface area contributed by atoms with Gasteiger partial charge in [0.25, 0.3) is 0 Å². The number of amides is 2. The molecule has 4 nitrogen and oxygen atoms in total. The third-order valence-corrected chi connectivity index (χ3v) is 3.55. The van der Waals surface area contributed by atoms with Crippen LogP contribution in [0.5, 0.6) is 0 Å². The third kappa shape index (κ3) is 4.56. The van der Waals surface area contributed by atoms with Crippen LogP contribution in [0.2, 0.25) is 0 Å². The molecule has 5 heteroatoms. The fraction of sp³-hybridized carbons (Fsp3) is 0.467. The van der Waals surface area contributed by atoms with Crippen LogP contribution in [0.1, 0.15) is 20.8 Å². The van der Waals surface area contributed by atoms with E-state index >= 15 is 0 Å². The maximum absolute atomic E-state index is 12.0. The summed E-state index contributed by atoms with van der Waals surface area (Å²) in [5.74, 6) is -0.239. The number of likely N-dealkylation sites (N-methyl/N-ethyl adjacent to an activating group) is 1. The number of carbonyl (C=O) groups excluding carboxylic acids is 2. The summed E-state index contributed by atoms with van der Waals surface area (Å²) >= 11 is 1.57. The summed E-state index contributed by atoms with van der Waals surface area (Å²) in [5, 5.41) is 2.85. The number of benzene rings is 1. The van der Waals surface area contributed by atoms with Gasteiger partial charge in [-0.2, -0.15) is 0 Å². The Balaban J connectivity index is 2.67. The number of carbonyl (C=O) groups is 2. The number of nitrogens with one attached hydrogen (secondary N) is 1. The molecule has 0 atom stereocenters. The van der Waals surface area contributed by atoms with Crippen LogP contribution in [-0.4, -0.2) is 36.6 Å². The fourth-order valence-corrected chi connectivity index (χ4v) is 2.35. The first kappa shape index (κ1) is 16.6. The van der Waals surface area contributed by atoms with E-state index in [1.165, 1.54) is 4.90 Å². The van der Waals surface area contributed by atoms with Gasteiger partial charge in [0.05, 0.1) is 12.2 Å². The number of nitrogens with zero attached hydrogens (tertiary/aromatic N) is 1. The lowest BCUT2D eigenvalue weighted by molar-refractivity contribution is -0.140. The van der Waals surface area contributed by atoms with E-state index in [1.807, 2.05) is 51.3 Å². The Hall–Kier alpha value is -1.49. The van der Waals surface area contributed by atoms with Gasteiger partial charge in [0.1, 0.15) is 0 Å². The molecule has 0 bridgehead atoms. The normalized spacial score (nSPS) is 11.1. The average Bonchev–Trinajstić information content (AvgIpc) is 2.37. The van der Waals surface area contributed by atoms with Gasteiger partial charge in [-0.05, 0) is 18.4 Å². The van der Waals surface area contributed by atoms with Gasteiger partial charge in [-0.15, -0.1) is 11.8 Å². The van der Waals surface area contributed by atoms with E-state index < -0.39 is 5.41 Å². The van der Waals surface area contributed by atoms with Crippen LogP contribution >= 0.6 is 11.8 Å². The molecule has 0 aliphatic rings. The molecule has 0 spiro atoms. The Labute approximate surface area is 124 Å². The van der Waals surface area contributed by atoms with Crippen molar-refractivity contribution in [3.8, 4) is 0 Å². The molecular weight excluding hydrogens is 272 g/mol. The van der Waals surface area contributed by atoms with Crippen molar-refractivity contribution < 1.29 is 9.59 Å². The summed E-state index contributed by atoms with van der Waals surface area (Å²) in [6.45, 7) is 5.57. The van der Waals surface area contributed by atoms with Crippen LogP contribution in [-0.2, 0) is 9.59 Å². The second-order valence-corrected chi connectivity index (χ2v) is 6.51. The zero-order valence-corrected chi connectivity index (χ0v) is 13.5. The van der Waals surface area contributed by atoms with Gasteiger partial charge in [0.2, 0.25) is 11.8 Å². The average molecular weight is 294 g/mol. The van der Waals surface area contributed by atoms with Crippen molar-refractivity contribution in [1.29, 1.82) is 0 Å². The van der Waals surface area contributed by atoms with Gasteiger partial charge in [-0.1, -0.05) is 32.9 Å². The molecule has 0 saturated heterocycles. The minimum Gasteiger partial charge on any atom is -0.336 e. The Morgan fingerprint density at radius 3 is 2.40 bits per heavy atom. The molecule has 0 unspecified atom stereocenters. The summed E-state index contributed by atoms with van der Waals surface area (Å²) in [6.07, 6.45) is 1.96. The summed E-state index contributed by atoms with van der Waals surface area (Å²) in [7, 11) is 1.65. The maximum atomic E-state index is 12.0. The number of thioether (sulfide) groups is 1. The molecule has 110 valence electrons. The Kier molecular flexibility index (Phi) is 5.62. The lowest BCUT2D eigenvalue weighted by Crippen LogP contribution is -2.41. The highest BCUT2D eigenvalue weighted by atomic mass is 32.2.